The zero-order valence-electron chi connectivity index (χ0n) is 11.8. The first-order valence-electron chi connectivity index (χ1n) is 6.70. The number of benzene rings is 1. The molecule has 0 saturated carbocycles. The molecule has 2 heterocycles. The molecule has 104 valence electrons. The molecule has 1 aromatic carbocycles. The molecular formula is C15H17N3O2. The highest BCUT2D eigenvalue weighted by Crippen LogP contribution is 2.24. The summed E-state index contributed by atoms with van der Waals surface area (Å²) in [6, 6.07) is 6.17. The molecule has 5 nitrogen and oxygen atoms in total. The zero-order chi connectivity index (χ0) is 14.4. The van der Waals surface area contributed by atoms with E-state index >= 15 is 0 Å². The fraction of sp³-hybridized carbons (Fsp3) is 0.333. The minimum Gasteiger partial charge on any atom is -0.481 e. The molecule has 0 aliphatic rings. The van der Waals surface area contributed by atoms with E-state index in [4.69, 9.17) is 5.11 Å². The lowest BCUT2D eigenvalue weighted by molar-refractivity contribution is -0.136. The van der Waals surface area contributed by atoms with E-state index in [0.29, 0.717) is 0 Å². The van der Waals surface area contributed by atoms with Crippen LogP contribution in [0.1, 0.15) is 23.9 Å². The summed E-state index contributed by atoms with van der Waals surface area (Å²) < 4.78 is 3.90. The van der Waals surface area contributed by atoms with Crippen molar-refractivity contribution in [2.75, 3.05) is 0 Å². The fourth-order valence-corrected chi connectivity index (χ4v) is 2.68. The summed E-state index contributed by atoms with van der Waals surface area (Å²) in [5.41, 5.74) is 4.86. The first-order chi connectivity index (χ1) is 9.52. The van der Waals surface area contributed by atoms with Crippen LogP contribution >= 0.6 is 0 Å². The third kappa shape index (κ3) is 1.70. The third-order valence-electron chi connectivity index (χ3n) is 3.92. The average molecular weight is 271 g/mol. The Morgan fingerprint density at radius 1 is 1.40 bits per heavy atom. The van der Waals surface area contributed by atoms with Crippen LogP contribution in [0.15, 0.2) is 18.2 Å². The second-order valence-electron chi connectivity index (χ2n) is 5.09. The van der Waals surface area contributed by atoms with E-state index in [9.17, 15) is 4.79 Å². The van der Waals surface area contributed by atoms with Crippen molar-refractivity contribution in [2.45, 2.75) is 26.7 Å². The lowest BCUT2D eigenvalue weighted by Crippen LogP contribution is -2.05. The highest BCUT2D eigenvalue weighted by Gasteiger charge is 2.18. The molecule has 3 rings (SSSR count). The normalized spacial score (nSPS) is 11.6. The molecule has 2 aromatic heterocycles. The van der Waals surface area contributed by atoms with Crippen LogP contribution in [0.3, 0.4) is 0 Å². The van der Waals surface area contributed by atoms with E-state index in [1.807, 2.05) is 29.0 Å². The number of carboxylic acid groups (broad SMARTS) is 1. The Labute approximate surface area is 116 Å². The van der Waals surface area contributed by atoms with Crippen LogP contribution < -0.4 is 0 Å². The summed E-state index contributed by atoms with van der Waals surface area (Å²) in [5.74, 6) is -0.0327. The largest absolute Gasteiger partial charge is 0.481 e. The molecule has 0 radical (unpaired) electrons. The van der Waals surface area contributed by atoms with Gasteiger partial charge in [-0.15, -0.1) is 0 Å². The fourth-order valence-electron chi connectivity index (χ4n) is 2.68. The van der Waals surface area contributed by atoms with Crippen molar-refractivity contribution >= 4 is 22.8 Å². The SMILES string of the molecule is CCc1ccc2c(c1)nc1n(C)c(C)c(CC(=O)O)n21. The number of rotatable bonds is 3. The Bertz CT molecular complexity index is 827. The van der Waals surface area contributed by atoms with Crippen LogP contribution in [-0.4, -0.2) is 25.0 Å². The number of carboxylic acids is 1. The van der Waals surface area contributed by atoms with Crippen molar-refractivity contribution in [1.29, 1.82) is 0 Å². The molecule has 5 heteroatoms. The number of carbonyl (C=O) groups is 1. The van der Waals surface area contributed by atoms with Gasteiger partial charge in [0.15, 0.2) is 0 Å². The summed E-state index contributed by atoms with van der Waals surface area (Å²) in [4.78, 5) is 15.7. The van der Waals surface area contributed by atoms with Gasteiger partial charge < -0.3 is 9.67 Å². The maximum atomic E-state index is 11.1. The van der Waals surface area contributed by atoms with Crippen LogP contribution in [0.4, 0.5) is 0 Å². The van der Waals surface area contributed by atoms with Gasteiger partial charge in [0.1, 0.15) is 0 Å². The molecule has 0 aliphatic heterocycles. The topological polar surface area (TPSA) is 59.5 Å². The van der Waals surface area contributed by atoms with Gasteiger partial charge >= 0.3 is 5.97 Å². The molecular weight excluding hydrogens is 254 g/mol. The van der Waals surface area contributed by atoms with Gasteiger partial charge in [0.2, 0.25) is 5.78 Å². The molecule has 1 N–H and O–H groups in total. The van der Waals surface area contributed by atoms with Crippen molar-refractivity contribution in [3.63, 3.8) is 0 Å². The monoisotopic (exact) mass is 271 g/mol. The van der Waals surface area contributed by atoms with Crippen molar-refractivity contribution in [1.82, 2.24) is 14.0 Å². The minimum atomic E-state index is -0.826. The van der Waals surface area contributed by atoms with Gasteiger partial charge in [-0.05, 0) is 31.0 Å². The van der Waals surface area contributed by atoms with E-state index in [1.165, 1.54) is 5.56 Å². The van der Waals surface area contributed by atoms with Gasteiger partial charge in [-0.1, -0.05) is 13.0 Å². The second kappa shape index (κ2) is 4.37. The Morgan fingerprint density at radius 3 is 2.80 bits per heavy atom. The number of aliphatic carboxylic acids is 1. The van der Waals surface area contributed by atoms with Crippen molar-refractivity contribution in [3.05, 3.63) is 35.2 Å². The number of hydrogen-bond acceptors (Lipinski definition) is 2. The zero-order valence-corrected chi connectivity index (χ0v) is 11.8. The molecule has 0 fully saturated rings. The molecule has 0 bridgehead atoms. The van der Waals surface area contributed by atoms with Crippen molar-refractivity contribution < 1.29 is 9.90 Å². The Morgan fingerprint density at radius 2 is 2.15 bits per heavy atom. The Balaban J connectivity index is 2.37. The number of aromatic nitrogens is 3. The predicted molar refractivity (Wildman–Crippen MR) is 77.1 cm³/mol. The van der Waals surface area contributed by atoms with Gasteiger partial charge in [-0.3, -0.25) is 9.20 Å². The second-order valence-corrected chi connectivity index (χ2v) is 5.09. The standard InChI is InChI=1S/C15H17N3O2/c1-4-10-5-6-12-11(7-10)16-15-17(3)9(2)13(18(12)15)8-14(19)20/h5-7H,4,8H2,1-3H3,(H,19,20). The van der Waals surface area contributed by atoms with Gasteiger partial charge in [0.25, 0.3) is 0 Å². The summed E-state index contributed by atoms with van der Waals surface area (Å²) in [5, 5.41) is 9.11. The first-order valence-corrected chi connectivity index (χ1v) is 6.70. The van der Waals surface area contributed by atoms with Crippen LogP contribution in [0, 0.1) is 6.92 Å². The Hall–Kier alpha value is -2.30. The molecule has 0 amide bonds. The first kappa shape index (κ1) is 12.7. The molecule has 3 aromatic rings. The van der Waals surface area contributed by atoms with Crippen LogP contribution in [0.2, 0.25) is 0 Å². The quantitative estimate of drug-likeness (QED) is 0.795. The maximum Gasteiger partial charge on any atom is 0.309 e. The van der Waals surface area contributed by atoms with E-state index < -0.39 is 5.97 Å². The predicted octanol–water partition coefficient (Wildman–Crippen LogP) is 2.32. The van der Waals surface area contributed by atoms with E-state index in [0.717, 1.165) is 34.6 Å². The third-order valence-corrected chi connectivity index (χ3v) is 3.92. The lowest BCUT2D eigenvalue weighted by atomic mass is 10.1. The highest BCUT2D eigenvalue weighted by atomic mass is 16.4. The van der Waals surface area contributed by atoms with Crippen LogP contribution in [0.5, 0.6) is 0 Å². The van der Waals surface area contributed by atoms with Gasteiger partial charge in [-0.2, -0.15) is 0 Å². The molecule has 0 spiro atoms. The Kier molecular flexibility index (Phi) is 2.78. The number of nitrogens with zero attached hydrogens (tertiary/aromatic N) is 3. The summed E-state index contributed by atoms with van der Waals surface area (Å²) in [7, 11) is 1.92. The summed E-state index contributed by atoms with van der Waals surface area (Å²) >= 11 is 0. The smallest absolute Gasteiger partial charge is 0.309 e. The van der Waals surface area contributed by atoms with E-state index in [1.54, 1.807) is 0 Å². The maximum absolute atomic E-state index is 11.1. The van der Waals surface area contributed by atoms with Crippen molar-refractivity contribution in [3.8, 4) is 0 Å². The molecule has 20 heavy (non-hydrogen) atoms. The highest BCUT2D eigenvalue weighted by molar-refractivity contribution is 5.82. The summed E-state index contributed by atoms with van der Waals surface area (Å²) in [6.07, 6.45) is 0.967. The van der Waals surface area contributed by atoms with Gasteiger partial charge in [0, 0.05) is 12.7 Å². The van der Waals surface area contributed by atoms with Crippen molar-refractivity contribution in [2.24, 2.45) is 7.05 Å². The van der Waals surface area contributed by atoms with Crippen LogP contribution in [-0.2, 0) is 24.7 Å². The van der Waals surface area contributed by atoms with Crippen LogP contribution in [0.25, 0.3) is 16.8 Å². The summed E-state index contributed by atoms with van der Waals surface area (Å²) in [6.45, 7) is 4.04. The molecule has 0 unspecified atom stereocenters. The average Bonchev–Trinajstić information content (AvgIpc) is 2.89. The van der Waals surface area contributed by atoms with Gasteiger partial charge in [0.05, 0.1) is 23.1 Å². The molecule has 0 atom stereocenters. The number of hydrogen-bond donors (Lipinski definition) is 1. The molecule has 0 aliphatic carbocycles. The molecule has 0 saturated heterocycles. The number of fused-ring (bicyclic) bond motifs is 3. The van der Waals surface area contributed by atoms with Gasteiger partial charge in [-0.25, -0.2) is 4.98 Å². The number of imidazole rings is 2. The number of aryl methyl sites for hydroxylation is 2. The van der Waals surface area contributed by atoms with E-state index in [2.05, 4.69) is 24.0 Å². The van der Waals surface area contributed by atoms with E-state index in [-0.39, 0.29) is 6.42 Å². The minimum absolute atomic E-state index is 0.00413. The lowest BCUT2D eigenvalue weighted by Gasteiger charge is -2.01.